The molecule has 2 saturated heterocycles. The van der Waals surface area contributed by atoms with Crippen molar-refractivity contribution in [2.24, 2.45) is 5.41 Å². The maximum atomic E-state index is 13.2. The Kier molecular flexibility index (Phi) is 5.72. The minimum absolute atomic E-state index is 0.0937. The molecule has 0 saturated carbocycles. The lowest BCUT2D eigenvalue weighted by atomic mass is 9.79. The molecule has 0 bridgehead atoms. The SMILES string of the molecule is CN(C)C(=O)C1(Cc2ccc(-c3ccsc3)cc2)CCN(C(=O)C2CCNN2)C1. The Morgan fingerprint density at radius 1 is 1.21 bits per heavy atom. The second-order valence-electron chi connectivity index (χ2n) is 8.29. The van der Waals surface area contributed by atoms with E-state index in [0.717, 1.165) is 18.5 Å². The first-order valence-electron chi connectivity index (χ1n) is 10.1. The van der Waals surface area contributed by atoms with Crippen LogP contribution in [0.1, 0.15) is 18.4 Å². The quantitative estimate of drug-likeness (QED) is 0.790. The van der Waals surface area contributed by atoms with E-state index in [2.05, 4.69) is 51.9 Å². The van der Waals surface area contributed by atoms with Gasteiger partial charge in [0.1, 0.15) is 6.04 Å². The van der Waals surface area contributed by atoms with Crippen molar-refractivity contribution in [1.29, 1.82) is 0 Å². The lowest BCUT2D eigenvalue weighted by molar-refractivity contribution is -0.140. The van der Waals surface area contributed by atoms with Crippen molar-refractivity contribution < 1.29 is 9.59 Å². The monoisotopic (exact) mass is 412 g/mol. The molecule has 2 aliphatic heterocycles. The zero-order valence-corrected chi connectivity index (χ0v) is 17.8. The number of nitrogens with zero attached hydrogens (tertiary/aromatic N) is 2. The van der Waals surface area contributed by atoms with Gasteiger partial charge in [0.2, 0.25) is 11.8 Å². The maximum absolute atomic E-state index is 13.2. The highest BCUT2D eigenvalue weighted by Gasteiger charge is 2.47. The minimum Gasteiger partial charge on any atom is -0.348 e. The number of hydrogen-bond donors (Lipinski definition) is 2. The van der Waals surface area contributed by atoms with Gasteiger partial charge in [-0.1, -0.05) is 24.3 Å². The molecule has 6 nitrogen and oxygen atoms in total. The predicted molar refractivity (Wildman–Crippen MR) is 115 cm³/mol. The fourth-order valence-corrected chi connectivity index (χ4v) is 5.12. The van der Waals surface area contributed by atoms with E-state index < -0.39 is 5.41 Å². The average molecular weight is 413 g/mol. The van der Waals surface area contributed by atoms with Crippen LogP contribution in [0.25, 0.3) is 11.1 Å². The summed E-state index contributed by atoms with van der Waals surface area (Å²) in [4.78, 5) is 29.6. The van der Waals surface area contributed by atoms with Gasteiger partial charge < -0.3 is 9.80 Å². The number of carbonyl (C=O) groups excluding carboxylic acids is 2. The number of hydrazine groups is 1. The Morgan fingerprint density at radius 2 is 2.00 bits per heavy atom. The number of carbonyl (C=O) groups is 2. The second kappa shape index (κ2) is 8.26. The first kappa shape index (κ1) is 20.1. The molecular weight excluding hydrogens is 384 g/mol. The van der Waals surface area contributed by atoms with E-state index in [9.17, 15) is 9.59 Å². The molecule has 0 spiro atoms. The van der Waals surface area contributed by atoms with Crippen LogP contribution >= 0.6 is 11.3 Å². The average Bonchev–Trinajstić information content (AvgIpc) is 3.49. The molecule has 2 amide bonds. The third-order valence-corrected chi connectivity index (χ3v) is 6.69. The van der Waals surface area contributed by atoms with Gasteiger partial charge in [-0.25, -0.2) is 5.43 Å². The van der Waals surface area contributed by atoms with Crippen LogP contribution in [-0.2, 0) is 16.0 Å². The number of likely N-dealkylation sites (tertiary alicyclic amines) is 1. The highest BCUT2D eigenvalue weighted by atomic mass is 32.1. The minimum atomic E-state index is -0.560. The molecule has 2 N–H and O–H groups in total. The molecule has 2 fully saturated rings. The van der Waals surface area contributed by atoms with Crippen LogP contribution < -0.4 is 10.9 Å². The zero-order valence-electron chi connectivity index (χ0n) is 17.0. The predicted octanol–water partition coefficient (Wildman–Crippen LogP) is 2.13. The van der Waals surface area contributed by atoms with E-state index in [-0.39, 0.29) is 17.9 Å². The summed E-state index contributed by atoms with van der Waals surface area (Å²) < 4.78 is 0. The maximum Gasteiger partial charge on any atom is 0.241 e. The third-order valence-electron chi connectivity index (χ3n) is 6.01. The smallest absolute Gasteiger partial charge is 0.241 e. The van der Waals surface area contributed by atoms with E-state index in [1.807, 2.05) is 4.90 Å². The summed E-state index contributed by atoms with van der Waals surface area (Å²) in [6.07, 6.45) is 2.13. The first-order chi connectivity index (χ1) is 14.0. The normalized spacial score (nSPS) is 24.1. The number of nitrogens with one attached hydrogen (secondary N) is 2. The number of amides is 2. The molecule has 2 unspecified atom stereocenters. The fraction of sp³-hybridized carbons (Fsp3) is 0.455. The number of hydrogen-bond acceptors (Lipinski definition) is 5. The Labute approximate surface area is 175 Å². The van der Waals surface area contributed by atoms with Crippen LogP contribution in [0.5, 0.6) is 0 Å². The Hall–Kier alpha value is -2.22. The molecule has 1 aromatic heterocycles. The number of benzene rings is 1. The summed E-state index contributed by atoms with van der Waals surface area (Å²) >= 11 is 1.69. The van der Waals surface area contributed by atoms with Gasteiger partial charge in [0, 0.05) is 33.7 Å². The molecular formula is C22H28N4O2S. The summed E-state index contributed by atoms with van der Waals surface area (Å²) in [5.41, 5.74) is 9.05. The van der Waals surface area contributed by atoms with Gasteiger partial charge in [-0.2, -0.15) is 11.3 Å². The molecule has 2 aromatic rings. The molecule has 154 valence electrons. The Bertz CT molecular complexity index is 859. The summed E-state index contributed by atoms with van der Waals surface area (Å²) in [7, 11) is 3.60. The molecule has 1 aromatic carbocycles. The molecule has 2 aliphatic rings. The van der Waals surface area contributed by atoms with E-state index in [4.69, 9.17) is 0 Å². The van der Waals surface area contributed by atoms with Crippen LogP contribution in [-0.4, -0.2) is 61.4 Å². The van der Waals surface area contributed by atoms with Crippen molar-refractivity contribution in [2.75, 3.05) is 33.7 Å². The van der Waals surface area contributed by atoms with Gasteiger partial charge >= 0.3 is 0 Å². The van der Waals surface area contributed by atoms with Gasteiger partial charge in [0.15, 0.2) is 0 Å². The summed E-state index contributed by atoms with van der Waals surface area (Å²) in [6, 6.07) is 10.4. The first-order valence-corrected chi connectivity index (χ1v) is 11.0. The lowest BCUT2D eigenvalue weighted by Crippen LogP contribution is -2.48. The van der Waals surface area contributed by atoms with Crippen LogP contribution in [0.4, 0.5) is 0 Å². The van der Waals surface area contributed by atoms with Gasteiger partial charge in [0.05, 0.1) is 5.41 Å². The standard InChI is InChI=1S/C22H28N4O2S/c1-25(2)21(28)22(9-11-26(15-22)20(27)19-7-10-23-24-19)13-16-3-5-17(6-4-16)18-8-12-29-14-18/h3-6,8,12,14,19,23-24H,7,9-11,13,15H2,1-2H3. The largest absolute Gasteiger partial charge is 0.348 e. The van der Waals surface area contributed by atoms with Crippen LogP contribution in [0.3, 0.4) is 0 Å². The van der Waals surface area contributed by atoms with Gasteiger partial charge in [0.25, 0.3) is 0 Å². The lowest BCUT2D eigenvalue weighted by Gasteiger charge is -2.31. The molecule has 7 heteroatoms. The fourth-order valence-electron chi connectivity index (χ4n) is 4.45. The van der Waals surface area contributed by atoms with E-state index in [1.54, 1.807) is 30.3 Å². The van der Waals surface area contributed by atoms with Crippen LogP contribution in [0, 0.1) is 5.41 Å². The van der Waals surface area contributed by atoms with Crippen LogP contribution in [0.15, 0.2) is 41.1 Å². The van der Waals surface area contributed by atoms with Gasteiger partial charge in [-0.05, 0) is 52.8 Å². The molecule has 0 aliphatic carbocycles. The van der Waals surface area contributed by atoms with Crippen molar-refractivity contribution in [3.8, 4) is 11.1 Å². The summed E-state index contributed by atoms with van der Waals surface area (Å²) in [5.74, 6) is 0.198. The Balaban J connectivity index is 1.53. The Morgan fingerprint density at radius 3 is 2.62 bits per heavy atom. The highest BCUT2D eigenvalue weighted by molar-refractivity contribution is 7.08. The molecule has 3 heterocycles. The molecule has 0 radical (unpaired) electrons. The number of thiophene rings is 1. The zero-order chi connectivity index (χ0) is 20.4. The third kappa shape index (κ3) is 4.08. The van der Waals surface area contributed by atoms with Crippen molar-refractivity contribution in [2.45, 2.75) is 25.3 Å². The summed E-state index contributed by atoms with van der Waals surface area (Å²) in [5, 5.41) is 4.21. The van der Waals surface area contributed by atoms with Crippen molar-refractivity contribution in [3.05, 3.63) is 46.7 Å². The van der Waals surface area contributed by atoms with Gasteiger partial charge in [-0.3, -0.25) is 15.0 Å². The van der Waals surface area contributed by atoms with Crippen molar-refractivity contribution in [1.82, 2.24) is 20.7 Å². The molecule has 2 atom stereocenters. The van der Waals surface area contributed by atoms with Crippen LogP contribution in [0.2, 0.25) is 0 Å². The van der Waals surface area contributed by atoms with Crippen molar-refractivity contribution in [3.63, 3.8) is 0 Å². The highest BCUT2D eigenvalue weighted by Crippen LogP contribution is 2.37. The molecule has 4 rings (SSSR count). The summed E-state index contributed by atoms with van der Waals surface area (Å²) in [6.45, 7) is 1.90. The van der Waals surface area contributed by atoms with Crippen molar-refractivity contribution >= 4 is 23.2 Å². The van der Waals surface area contributed by atoms with Gasteiger partial charge in [-0.15, -0.1) is 0 Å². The van der Waals surface area contributed by atoms with E-state index in [1.165, 1.54) is 11.1 Å². The second-order valence-corrected chi connectivity index (χ2v) is 9.07. The molecule has 29 heavy (non-hydrogen) atoms. The van der Waals surface area contributed by atoms with E-state index in [0.29, 0.717) is 25.9 Å². The van der Waals surface area contributed by atoms with E-state index >= 15 is 0 Å². The number of rotatable bonds is 5. The topological polar surface area (TPSA) is 64.7 Å².